The number of carbonyl (C=O) groups excluding carboxylic acids is 5. The van der Waals surface area contributed by atoms with E-state index in [-0.39, 0.29) is 18.2 Å². The number of benzene rings is 1. The monoisotopic (exact) mass is 627 g/mol. The van der Waals surface area contributed by atoms with E-state index in [0.29, 0.717) is 36.4 Å². The molecule has 1 fully saturated rings. The molecule has 5 rings (SSSR count). The summed E-state index contributed by atoms with van der Waals surface area (Å²) >= 11 is 0. The topological polar surface area (TPSA) is 164 Å². The molecule has 1 aromatic carbocycles. The van der Waals surface area contributed by atoms with Gasteiger partial charge in [-0.1, -0.05) is 6.07 Å². The molecule has 0 radical (unpaired) electrons. The van der Waals surface area contributed by atoms with Gasteiger partial charge in [-0.3, -0.25) is 9.59 Å². The number of halogens is 3. The lowest BCUT2D eigenvalue weighted by atomic mass is 9.50. The van der Waals surface area contributed by atoms with Crippen LogP contribution in [0.1, 0.15) is 37.8 Å². The number of hydrogen-bond donors (Lipinski definition) is 1. The minimum Gasteiger partial charge on any atom is -0.493 e. The Morgan fingerprint density at radius 3 is 2.30 bits per heavy atom. The standard InChI is InChI=1S/C28H28F3NO12/c1-12(33)40-20(21(41-13(2)34)24(36)44-25(37)28(29,30)31)23(35)42-16-7-8-27(38)17-11-14-5-6-15(39-4)19-18(14)26(27,22(16)43-19)9-10-32(17)3/h5-7,17,20-22,38H,8-11H2,1-4H3/t17?,20-,21-,22+,26+,27-/m1/s1. The summed E-state index contributed by atoms with van der Waals surface area (Å²) in [5.41, 5.74) is -0.931. The lowest BCUT2D eigenvalue weighted by Crippen LogP contribution is -2.74. The maximum Gasteiger partial charge on any atom is 0.491 e. The smallest absolute Gasteiger partial charge is 0.491 e. The molecule has 44 heavy (non-hydrogen) atoms. The summed E-state index contributed by atoms with van der Waals surface area (Å²) in [5, 5.41) is 12.3. The summed E-state index contributed by atoms with van der Waals surface area (Å²) in [7, 11) is 3.32. The average molecular weight is 628 g/mol. The fraction of sp³-hybridized carbons (Fsp3) is 0.536. The normalized spacial score (nSPS) is 27.9. The molecule has 2 heterocycles. The average Bonchev–Trinajstić information content (AvgIpc) is 3.29. The third-order valence-corrected chi connectivity index (χ3v) is 8.53. The Hall–Kier alpha value is -4.18. The van der Waals surface area contributed by atoms with Crippen LogP contribution in [0.25, 0.3) is 0 Å². The number of likely N-dealkylation sites (N-methyl/N-ethyl adjacent to an activating group) is 1. The highest BCUT2D eigenvalue weighted by molar-refractivity contribution is 5.95. The number of hydrogen-bond acceptors (Lipinski definition) is 13. The Balaban J connectivity index is 1.52. The molecule has 1 saturated heterocycles. The van der Waals surface area contributed by atoms with E-state index in [4.69, 9.17) is 18.9 Å². The Bertz CT molecular complexity index is 1470. The van der Waals surface area contributed by atoms with E-state index in [0.717, 1.165) is 19.4 Å². The van der Waals surface area contributed by atoms with Crippen molar-refractivity contribution in [2.75, 3.05) is 20.7 Å². The van der Waals surface area contributed by atoms with E-state index in [1.54, 1.807) is 6.07 Å². The second-order valence-corrected chi connectivity index (χ2v) is 11.0. The Morgan fingerprint density at radius 2 is 1.70 bits per heavy atom. The van der Waals surface area contributed by atoms with Gasteiger partial charge >= 0.3 is 36.0 Å². The number of carbonyl (C=O) groups is 5. The van der Waals surface area contributed by atoms with Crippen molar-refractivity contribution in [1.29, 1.82) is 0 Å². The maximum absolute atomic E-state index is 13.5. The van der Waals surface area contributed by atoms with Crippen molar-refractivity contribution in [1.82, 2.24) is 4.90 Å². The van der Waals surface area contributed by atoms with E-state index < -0.39 is 65.4 Å². The van der Waals surface area contributed by atoms with E-state index >= 15 is 0 Å². The molecule has 2 aliphatic heterocycles. The summed E-state index contributed by atoms with van der Waals surface area (Å²) in [5.74, 6) is -8.61. The number of piperidine rings is 1. The van der Waals surface area contributed by atoms with Crippen molar-refractivity contribution in [2.45, 2.75) is 74.7 Å². The lowest BCUT2D eigenvalue weighted by Gasteiger charge is -2.61. The highest BCUT2D eigenvalue weighted by Gasteiger charge is 2.72. The zero-order valence-corrected chi connectivity index (χ0v) is 23.9. The molecule has 238 valence electrons. The number of aliphatic hydroxyl groups is 1. The van der Waals surface area contributed by atoms with Gasteiger partial charge in [-0.25, -0.2) is 14.4 Å². The Morgan fingerprint density at radius 1 is 1.07 bits per heavy atom. The molecule has 4 aliphatic rings. The van der Waals surface area contributed by atoms with Gasteiger partial charge in [0.25, 0.3) is 0 Å². The van der Waals surface area contributed by atoms with Crippen LogP contribution in [0.4, 0.5) is 13.2 Å². The molecular weight excluding hydrogens is 599 g/mol. The van der Waals surface area contributed by atoms with Gasteiger partial charge < -0.3 is 38.4 Å². The molecule has 2 bridgehead atoms. The Labute approximate surface area is 247 Å². The SMILES string of the molecule is COc1ccc2c3c1O[C@H]1C(OC(=O)[C@H](OC(C)=O)[C@@H](OC(C)=O)C(=O)OC(=O)C(F)(F)F)=CC[C@@]4(O)C(C2)N(C)CC[C@]314. The third kappa shape index (κ3) is 4.76. The molecule has 0 aromatic heterocycles. The number of rotatable bonds is 7. The fourth-order valence-electron chi connectivity index (χ4n) is 6.79. The van der Waals surface area contributed by atoms with E-state index in [1.165, 1.54) is 13.2 Å². The van der Waals surface area contributed by atoms with Crippen LogP contribution >= 0.6 is 0 Å². The zero-order chi connectivity index (χ0) is 32.4. The number of esters is 5. The van der Waals surface area contributed by atoms with E-state index in [2.05, 4.69) is 9.47 Å². The second kappa shape index (κ2) is 10.8. The van der Waals surface area contributed by atoms with Crippen LogP contribution < -0.4 is 9.47 Å². The van der Waals surface area contributed by atoms with Gasteiger partial charge in [-0.05, 0) is 44.1 Å². The highest BCUT2D eigenvalue weighted by Crippen LogP contribution is 2.65. The summed E-state index contributed by atoms with van der Waals surface area (Å²) in [4.78, 5) is 63.0. The van der Waals surface area contributed by atoms with E-state index in [9.17, 15) is 42.3 Å². The first-order valence-electron chi connectivity index (χ1n) is 13.4. The van der Waals surface area contributed by atoms with E-state index in [1.807, 2.05) is 18.0 Å². The molecule has 2 aliphatic carbocycles. The number of nitrogens with zero attached hydrogens (tertiary/aromatic N) is 1. The molecule has 13 nitrogen and oxygen atoms in total. The highest BCUT2D eigenvalue weighted by atomic mass is 19.4. The maximum atomic E-state index is 13.5. The lowest BCUT2D eigenvalue weighted by molar-refractivity contribution is -0.210. The van der Waals surface area contributed by atoms with Crippen LogP contribution in [0.3, 0.4) is 0 Å². The summed E-state index contributed by atoms with van der Waals surface area (Å²) in [6, 6.07) is 3.24. The first-order chi connectivity index (χ1) is 20.5. The number of methoxy groups -OCH3 is 1. The van der Waals surface area contributed by atoms with Crippen molar-refractivity contribution in [3.63, 3.8) is 0 Å². The van der Waals surface area contributed by atoms with Gasteiger partial charge in [0.1, 0.15) is 5.76 Å². The minimum absolute atomic E-state index is 0.0195. The predicted molar refractivity (Wildman–Crippen MR) is 136 cm³/mol. The van der Waals surface area contributed by atoms with Gasteiger partial charge in [0.15, 0.2) is 17.6 Å². The van der Waals surface area contributed by atoms with Gasteiger partial charge in [0, 0.05) is 31.9 Å². The van der Waals surface area contributed by atoms with Gasteiger partial charge in [-0.2, -0.15) is 13.2 Å². The van der Waals surface area contributed by atoms with Crippen LogP contribution in [0.15, 0.2) is 24.0 Å². The van der Waals surface area contributed by atoms with Crippen molar-refractivity contribution in [3.05, 3.63) is 35.1 Å². The van der Waals surface area contributed by atoms with Crippen molar-refractivity contribution in [3.8, 4) is 11.5 Å². The summed E-state index contributed by atoms with van der Waals surface area (Å²) in [6.45, 7) is 2.09. The molecule has 0 saturated carbocycles. The molecule has 16 heteroatoms. The number of ether oxygens (including phenoxy) is 6. The molecule has 6 atom stereocenters. The molecule has 1 aromatic rings. The molecule has 1 spiro atoms. The van der Waals surface area contributed by atoms with Crippen molar-refractivity contribution in [2.24, 2.45) is 0 Å². The van der Waals surface area contributed by atoms with Crippen molar-refractivity contribution >= 4 is 29.8 Å². The fourth-order valence-corrected chi connectivity index (χ4v) is 6.79. The van der Waals surface area contributed by atoms with Gasteiger partial charge in [-0.15, -0.1) is 0 Å². The minimum atomic E-state index is -5.61. The van der Waals surface area contributed by atoms with Crippen LogP contribution in [0, 0.1) is 0 Å². The van der Waals surface area contributed by atoms with Crippen LogP contribution in [0.5, 0.6) is 11.5 Å². The second-order valence-electron chi connectivity index (χ2n) is 11.0. The number of likely N-dealkylation sites (tertiary alicyclic amines) is 1. The molecule has 0 amide bonds. The first kappa shape index (κ1) is 31.3. The summed E-state index contributed by atoms with van der Waals surface area (Å²) < 4.78 is 69.0. The molecule has 1 N–H and O–H groups in total. The van der Waals surface area contributed by atoms with Gasteiger partial charge in [0.2, 0.25) is 12.2 Å². The van der Waals surface area contributed by atoms with Crippen LogP contribution in [-0.2, 0) is 54.8 Å². The first-order valence-corrected chi connectivity index (χ1v) is 13.4. The van der Waals surface area contributed by atoms with Crippen LogP contribution in [0.2, 0.25) is 0 Å². The third-order valence-electron chi connectivity index (χ3n) is 8.53. The Kier molecular flexibility index (Phi) is 7.65. The summed E-state index contributed by atoms with van der Waals surface area (Å²) in [6.07, 6.45) is -9.65. The predicted octanol–water partition coefficient (Wildman–Crippen LogP) is 1.01. The van der Waals surface area contributed by atoms with Crippen molar-refractivity contribution < 1.29 is 70.7 Å². The largest absolute Gasteiger partial charge is 0.493 e. The number of alkyl halides is 3. The van der Waals surface area contributed by atoms with Gasteiger partial charge in [0.05, 0.1) is 18.1 Å². The van der Waals surface area contributed by atoms with Crippen LogP contribution in [-0.4, -0.2) is 96.7 Å². The molecule has 1 unspecified atom stereocenters. The molecular formula is C28H28F3NO12. The zero-order valence-electron chi connectivity index (χ0n) is 23.9. The quantitative estimate of drug-likeness (QED) is 0.259.